The Hall–Kier alpha value is 0.310. The van der Waals surface area contributed by atoms with Crippen LogP contribution in [0.1, 0.15) is 39.5 Å². The van der Waals surface area contributed by atoms with Crippen LogP contribution in [0, 0.1) is 5.41 Å². The van der Waals surface area contributed by atoms with Crippen LogP contribution < -0.4 is 5.32 Å². The third-order valence-corrected chi connectivity index (χ3v) is 3.94. The van der Waals surface area contributed by atoms with Crippen molar-refractivity contribution in [3.63, 3.8) is 0 Å². The molecule has 1 aliphatic rings. The van der Waals surface area contributed by atoms with E-state index >= 15 is 0 Å². The second kappa shape index (κ2) is 5.92. The van der Waals surface area contributed by atoms with Crippen molar-refractivity contribution in [2.24, 2.45) is 5.41 Å². The van der Waals surface area contributed by atoms with Crippen LogP contribution in [0.4, 0.5) is 0 Å². The lowest BCUT2D eigenvalue weighted by atomic mass is 9.70. The normalized spacial score (nSPS) is 19.8. The topological polar surface area (TPSA) is 12.0 Å². The molecule has 13 heavy (non-hydrogen) atoms. The zero-order chi connectivity index (χ0) is 9.57. The van der Waals surface area contributed by atoms with Gasteiger partial charge in [-0.2, -0.15) is 11.8 Å². The van der Waals surface area contributed by atoms with Gasteiger partial charge in [0.15, 0.2) is 0 Å². The highest BCUT2D eigenvalue weighted by Gasteiger charge is 2.30. The van der Waals surface area contributed by atoms with Gasteiger partial charge in [0.1, 0.15) is 0 Å². The summed E-state index contributed by atoms with van der Waals surface area (Å²) in [6, 6.07) is 0. The van der Waals surface area contributed by atoms with Crippen LogP contribution in [0.25, 0.3) is 0 Å². The fraction of sp³-hybridized carbons (Fsp3) is 1.00. The first-order valence-electron chi connectivity index (χ1n) is 5.55. The predicted octanol–water partition coefficient (Wildman–Crippen LogP) is 2.91. The van der Waals surface area contributed by atoms with Crippen molar-refractivity contribution in [1.82, 2.24) is 5.32 Å². The highest BCUT2D eigenvalue weighted by molar-refractivity contribution is 7.99. The minimum Gasteiger partial charge on any atom is -0.316 e. The van der Waals surface area contributed by atoms with E-state index in [2.05, 4.69) is 19.2 Å². The van der Waals surface area contributed by atoms with Gasteiger partial charge >= 0.3 is 0 Å². The van der Waals surface area contributed by atoms with E-state index in [4.69, 9.17) is 0 Å². The Labute approximate surface area is 87.1 Å². The lowest BCUT2D eigenvalue weighted by molar-refractivity contribution is 0.157. The number of rotatable bonds is 7. The zero-order valence-corrected chi connectivity index (χ0v) is 9.88. The first-order valence-corrected chi connectivity index (χ1v) is 6.71. The highest BCUT2D eigenvalue weighted by atomic mass is 32.2. The summed E-state index contributed by atoms with van der Waals surface area (Å²) >= 11 is 2.05. The van der Waals surface area contributed by atoms with Gasteiger partial charge in [-0.3, -0.25) is 0 Å². The molecule has 0 bridgehead atoms. The molecule has 0 radical (unpaired) electrons. The van der Waals surface area contributed by atoms with Crippen molar-refractivity contribution in [1.29, 1.82) is 0 Å². The molecule has 0 saturated heterocycles. The molecule has 1 nitrogen and oxygen atoms in total. The van der Waals surface area contributed by atoms with Crippen LogP contribution in [0.15, 0.2) is 0 Å². The van der Waals surface area contributed by atoms with E-state index in [0.717, 1.165) is 0 Å². The molecular weight excluding hydrogens is 178 g/mol. The summed E-state index contributed by atoms with van der Waals surface area (Å²) in [5, 5.41) is 3.57. The Balaban J connectivity index is 1.83. The molecule has 78 valence electrons. The predicted molar refractivity (Wildman–Crippen MR) is 62.4 cm³/mol. The molecule has 0 aromatic carbocycles. The van der Waals surface area contributed by atoms with E-state index in [0.29, 0.717) is 5.41 Å². The summed E-state index contributed by atoms with van der Waals surface area (Å²) < 4.78 is 0. The molecule has 1 fully saturated rings. The lowest BCUT2D eigenvalue weighted by Gasteiger charge is -2.38. The summed E-state index contributed by atoms with van der Waals surface area (Å²) in [6.07, 6.45) is 5.64. The van der Waals surface area contributed by atoms with Gasteiger partial charge < -0.3 is 5.32 Å². The van der Waals surface area contributed by atoms with Crippen LogP contribution in [0.5, 0.6) is 0 Å². The average Bonchev–Trinajstić information content (AvgIpc) is 2.08. The smallest absolute Gasteiger partial charge is 0.000516 e. The van der Waals surface area contributed by atoms with Crippen molar-refractivity contribution < 1.29 is 0 Å². The highest BCUT2D eigenvalue weighted by Crippen LogP contribution is 2.39. The Kier molecular flexibility index (Phi) is 5.18. The van der Waals surface area contributed by atoms with E-state index in [9.17, 15) is 0 Å². The summed E-state index contributed by atoms with van der Waals surface area (Å²) in [5.41, 5.74) is 0.651. The van der Waals surface area contributed by atoms with Gasteiger partial charge in [0.2, 0.25) is 0 Å². The van der Waals surface area contributed by atoms with E-state index in [1.807, 2.05) is 11.8 Å². The third-order valence-electron chi connectivity index (χ3n) is 2.96. The second-order valence-electron chi connectivity index (χ2n) is 4.39. The molecule has 0 aromatic rings. The Morgan fingerprint density at radius 1 is 1.38 bits per heavy atom. The molecule has 1 N–H and O–H groups in total. The number of hydrogen-bond donors (Lipinski definition) is 1. The van der Waals surface area contributed by atoms with E-state index in [1.54, 1.807) is 0 Å². The molecule has 0 heterocycles. The van der Waals surface area contributed by atoms with Crippen LogP contribution in [0.3, 0.4) is 0 Å². The summed E-state index contributed by atoms with van der Waals surface area (Å²) in [5.74, 6) is 2.58. The summed E-state index contributed by atoms with van der Waals surface area (Å²) in [4.78, 5) is 0. The van der Waals surface area contributed by atoms with Crippen molar-refractivity contribution >= 4 is 11.8 Å². The van der Waals surface area contributed by atoms with E-state index in [1.165, 1.54) is 50.3 Å². The average molecular weight is 201 g/mol. The Morgan fingerprint density at radius 2 is 2.15 bits per heavy atom. The minimum absolute atomic E-state index is 0.651. The molecule has 0 aromatic heterocycles. The maximum atomic E-state index is 3.57. The van der Waals surface area contributed by atoms with Crippen molar-refractivity contribution in [2.45, 2.75) is 39.5 Å². The van der Waals surface area contributed by atoms with Crippen LogP contribution in [-0.4, -0.2) is 24.6 Å². The number of nitrogens with one attached hydrogen (secondary N) is 1. The van der Waals surface area contributed by atoms with E-state index < -0.39 is 0 Å². The van der Waals surface area contributed by atoms with Crippen LogP contribution in [-0.2, 0) is 0 Å². The van der Waals surface area contributed by atoms with Gasteiger partial charge in [-0.1, -0.05) is 20.3 Å². The SMILES string of the molecule is CCSCCCNCC1(C)CCC1. The first-order chi connectivity index (χ1) is 6.27. The lowest BCUT2D eigenvalue weighted by Crippen LogP contribution is -2.37. The van der Waals surface area contributed by atoms with Crippen LogP contribution in [0.2, 0.25) is 0 Å². The number of hydrogen-bond acceptors (Lipinski definition) is 2. The Morgan fingerprint density at radius 3 is 2.69 bits per heavy atom. The van der Waals surface area contributed by atoms with Gasteiger partial charge in [0, 0.05) is 6.54 Å². The summed E-state index contributed by atoms with van der Waals surface area (Å²) in [6.45, 7) is 7.09. The van der Waals surface area contributed by atoms with Gasteiger partial charge in [0.05, 0.1) is 0 Å². The van der Waals surface area contributed by atoms with Crippen molar-refractivity contribution in [3.05, 3.63) is 0 Å². The molecule has 0 atom stereocenters. The molecule has 0 unspecified atom stereocenters. The maximum Gasteiger partial charge on any atom is 0.000516 e. The fourth-order valence-corrected chi connectivity index (χ4v) is 2.43. The first kappa shape index (κ1) is 11.4. The number of thioether (sulfide) groups is 1. The molecule has 0 aliphatic heterocycles. The fourth-order valence-electron chi connectivity index (χ4n) is 1.79. The quantitative estimate of drug-likeness (QED) is 0.636. The van der Waals surface area contributed by atoms with Gasteiger partial charge in [-0.15, -0.1) is 0 Å². The Bertz CT molecular complexity index is 132. The molecule has 1 saturated carbocycles. The zero-order valence-electron chi connectivity index (χ0n) is 9.07. The van der Waals surface area contributed by atoms with Crippen molar-refractivity contribution in [3.8, 4) is 0 Å². The molecule has 1 rings (SSSR count). The molecular formula is C11H23NS. The van der Waals surface area contributed by atoms with Gasteiger partial charge in [-0.25, -0.2) is 0 Å². The van der Waals surface area contributed by atoms with Crippen molar-refractivity contribution in [2.75, 3.05) is 24.6 Å². The summed E-state index contributed by atoms with van der Waals surface area (Å²) in [7, 11) is 0. The standard InChI is InChI=1S/C11H23NS/c1-3-13-9-5-8-12-10-11(2)6-4-7-11/h12H,3-10H2,1-2H3. The second-order valence-corrected chi connectivity index (χ2v) is 5.79. The molecule has 0 amide bonds. The third kappa shape index (κ3) is 4.37. The molecule has 2 heteroatoms. The van der Waals surface area contributed by atoms with E-state index in [-0.39, 0.29) is 0 Å². The minimum atomic E-state index is 0.651. The molecule has 0 spiro atoms. The van der Waals surface area contributed by atoms with Crippen LogP contribution >= 0.6 is 11.8 Å². The monoisotopic (exact) mass is 201 g/mol. The van der Waals surface area contributed by atoms with Gasteiger partial charge in [-0.05, 0) is 42.7 Å². The maximum absolute atomic E-state index is 3.57. The van der Waals surface area contributed by atoms with Gasteiger partial charge in [0.25, 0.3) is 0 Å². The largest absolute Gasteiger partial charge is 0.316 e. The molecule has 1 aliphatic carbocycles.